The normalized spacial score (nSPS) is 37.7. The molecule has 0 N–H and O–H groups in total. The average molecular weight is 300 g/mol. The van der Waals surface area contributed by atoms with Gasteiger partial charge in [-0.15, -0.1) is 0 Å². The van der Waals surface area contributed by atoms with Crippen LogP contribution in [-0.2, 0) is 4.79 Å². The second-order valence-corrected chi connectivity index (χ2v) is 6.85. The molecule has 2 saturated carbocycles. The molecule has 3 unspecified atom stereocenters. The molecule has 3 aliphatic rings. The lowest BCUT2D eigenvalue weighted by molar-refractivity contribution is -0.138. The molecule has 2 aliphatic carbocycles. The van der Waals surface area contributed by atoms with E-state index in [1.54, 1.807) is 0 Å². The predicted octanol–water partition coefficient (Wildman–Crippen LogP) is 3.06. The van der Waals surface area contributed by atoms with E-state index in [4.69, 9.17) is 0 Å². The molecule has 0 radical (unpaired) electrons. The van der Waals surface area contributed by atoms with Gasteiger partial charge in [0, 0.05) is 24.3 Å². The van der Waals surface area contributed by atoms with E-state index in [-0.39, 0.29) is 0 Å². The Morgan fingerprint density at radius 1 is 1.12 bits per heavy atom. The van der Waals surface area contributed by atoms with Crippen LogP contribution in [0.1, 0.15) is 38.5 Å². The smallest absolute Gasteiger partial charge is 0.225 e. The van der Waals surface area contributed by atoms with Crippen molar-refractivity contribution in [3.63, 3.8) is 0 Å². The van der Waals surface area contributed by atoms with E-state index in [2.05, 4.69) is 20.8 Å². The molecule has 2 nitrogen and oxygen atoms in total. The van der Waals surface area contributed by atoms with Crippen molar-refractivity contribution in [2.24, 2.45) is 23.7 Å². The van der Waals surface area contributed by atoms with E-state index in [0.717, 1.165) is 36.2 Å². The van der Waals surface area contributed by atoms with Crippen molar-refractivity contribution >= 4 is 21.8 Å². The molecule has 1 saturated heterocycles. The van der Waals surface area contributed by atoms with Crippen LogP contribution in [0.2, 0.25) is 0 Å². The van der Waals surface area contributed by atoms with Crippen LogP contribution in [0.3, 0.4) is 0 Å². The van der Waals surface area contributed by atoms with Crippen LogP contribution in [0.25, 0.3) is 0 Å². The molecule has 1 heterocycles. The number of likely N-dealkylation sites (tertiary alicyclic amines) is 1. The average Bonchev–Trinajstić information content (AvgIpc) is 3.00. The van der Waals surface area contributed by atoms with Crippen LogP contribution >= 0.6 is 15.9 Å². The van der Waals surface area contributed by atoms with Gasteiger partial charge in [-0.1, -0.05) is 22.4 Å². The lowest BCUT2D eigenvalue weighted by Gasteiger charge is -2.34. The standard InChI is InChI=1S/C14H22BrNO/c15-9-10-3-5-16(6-4-10)14(17)13-8-11-1-2-12(13)7-11/h10-13H,1-9H2. The molecule has 96 valence electrons. The summed E-state index contributed by atoms with van der Waals surface area (Å²) in [5.74, 6) is 3.30. The van der Waals surface area contributed by atoms with Gasteiger partial charge in [-0.3, -0.25) is 4.79 Å². The predicted molar refractivity (Wildman–Crippen MR) is 72.0 cm³/mol. The molecular weight excluding hydrogens is 278 g/mol. The first-order chi connectivity index (χ1) is 8.28. The Labute approximate surface area is 112 Å². The highest BCUT2D eigenvalue weighted by atomic mass is 79.9. The second kappa shape index (κ2) is 4.91. The van der Waals surface area contributed by atoms with Gasteiger partial charge in [0.2, 0.25) is 5.91 Å². The van der Waals surface area contributed by atoms with Crippen LogP contribution in [0.4, 0.5) is 0 Å². The fourth-order valence-corrected chi connectivity index (χ4v) is 4.74. The van der Waals surface area contributed by atoms with Crippen LogP contribution in [-0.4, -0.2) is 29.2 Å². The Bertz CT molecular complexity index is 299. The molecule has 3 fully saturated rings. The number of hydrogen-bond acceptors (Lipinski definition) is 1. The number of fused-ring (bicyclic) bond motifs is 2. The molecule has 0 aromatic heterocycles. The Morgan fingerprint density at radius 2 is 1.88 bits per heavy atom. The summed E-state index contributed by atoms with van der Waals surface area (Å²) in [5.41, 5.74) is 0. The molecule has 3 heteroatoms. The van der Waals surface area contributed by atoms with E-state index in [9.17, 15) is 4.79 Å². The molecule has 17 heavy (non-hydrogen) atoms. The van der Waals surface area contributed by atoms with E-state index in [1.807, 2.05) is 0 Å². The zero-order valence-electron chi connectivity index (χ0n) is 10.4. The summed E-state index contributed by atoms with van der Waals surface area (Å²) in [7, 11) is 0. The maximum absolute atomic E-state index is 12.5. The third kappa shape index (κ3) is 2.27. The van der Waals surface area contributed by atoms with Gasteiger partial charge in [0.05, 0.1) is 0 Å². The van der Waals surface area contributed by atoms with Gasteiger partial charge >= 0.3 is 0 Å². The van der Waals surface area contributed by atoms with Gasteiger partial charge in [-0.25, -0.2) is 0 Å². The minimum Gasteiger partial charge on any atom is -0.342 e. The lowest BCUT2D eigenvalue weighted by atomic mass is 9.87. The Morgan fingerprint density at radius 3 is 2.41 bits per heavy atom. The molecule has 3 atom stereocenters. The van der Waals surface area contributed by atoms with Gasteiger partial charge < -0.3 is 4.90 Å². The number of carbonyl (C=O) groups excluding carboxylic acids is 1. The van der Waals surface area contributed by atoms with Crippen molar-refractivity contribution < 1.29 is 4.79 Å². The van der Waals surface area contributed by atoms with Crippen molar-refractivity contribution in [1.82, 2.24) is 4.90 Å². The summed E-state index contributed by atoms with van der Waals surface area (Å²) in [6.45, 7) is 2.01. The first-order valence-electron chi connectivity index (χ1n) is 7.12. The first-order valence-corrected chi connectivity index (χ1v) is 8.25. The highest BCUT2D eigenvalue weighted by Crippen LogP contribution is 2.49. The number of rotatable bonds is 2. The zero-order chi connectivity index (χ0) is 11.8. The lowest BCUT2D eigenvalue weighted by Crippen LogP contribution is -2.43. The molecule has 0 spiro atoms. The molecule has 2 bridgehead atoms. The summed E-state index contributed by atoms with van der Waals surface area (Å²) >= 11 is 3.56. The van der Waals surface area contributed by atoms with Crippen LogP contribution < -0.4 is 0 Å². The topological polar surface area (TPSA) is 20.3 Å². The highest BCUT2D eigenvalue weighted by molar-refractivity contribution is 9.09. The minimum atomic E-state index is 0.397. The number of nitrogens with zero attached hydrogens (tertiary/aromatic N) is 1. The quantitative estimate of drug-likeness (QED) is 0.718. The summed E-state index contributed by atoms with van der Waals surface area (Å²) in [6.07, 6.45) is 7.63. The molecule has 1 aliphatic heterocycles. The molecule has 1 amide bonds. The number of piperidine rings is 1. The summed E-state index contributed by atoms with van der Waals surface area (Å²) < 4.78 is 0. The highest BCUT2D eigenvalue weighted by Gasteiger charge is 2.44. The minimum absolute atomic E-state index is 0.397. The second-order valence-electron chi connectivity index (χ2n) is 6.20. The van der Waals surface area contributed by atoms with Gasteiger partial charge in [0.1, 0.15) is 0 Å². The SMILES string of the molecule is O=C(C1CC2CCC1C2)N1CCC(CBr)CC1. The van der Waals surface area contributed by atoms with Gasteiger partial charge in [-0.05, 0) is 49.9 Å². The maximum Gasteiger partial charge on any atom is 0.225 e. The number of halogens is 1. The molecule has 0 aromatic rings. The monoisotopic (exact) mass is 299 g/mol. The number of carbonyl (C=O) groups is 1. The van der Waals surface area contributed by atoms with Crippen molar-refractivity contribution in [2.75, 3.05) is 18.4 Å². The number of alkyl halides is 1. The fourth-order valence-electron chi connectivity index (χ4n) is 4.09. The maximum atomic E-state index is 12.5. The van der Waals surface area contributed by atoms with Crippen molar-refractivity contribution in [3.8, 4) is 0 Å². The van der Waals surface area contributed by atoms with E-state index in [1.165, 1.54) is 38.5 Å². The summed E-state index contributed by atoms with van der Waals surface area (Å²) in [6, 6.07) is 0. The summed E-state index contributed by atoms with van der Waals surface area (Å²) in [5, 5.41) is 1.10. The molecular formula is C14H22BrNO. The molecule has 3 rings (SSSR count). The third-order valence-electron chi connectivity index (χ3n) is 5.20. The number of hydrogen-bond donors (Lipinski definition) is 0. The van der Waals surface area contributed by atoms with Gasteiger partial charge in [0.15, 0.2) is 0 Å². The van der Waals surface area contributed by atoms with Crippen LogP contribution in [0, 0.1) is 23.7 Å². The zero-order valence-corrected chi connectivity index (χ0v) is 12.0. The Hall–Kier alpha value is -0.0500. The van der Waals surface area contributed by atoms with Crippen molar-refractivity contribution in [2.45, 2.75) is 38.5 Å². The van der Waals surface area contributed by atoms with Gasteiger partial charge in [-0.2, -0.15) is 0 Å². The van der Waals surface area contributed by atoms with E-state index >= 15 is 0 Å². The molecule has 0 aromatic carbocycles. The van der Waals surface area contributed by atoms with E-state index < -0.39 is 0 Å². The largest absolute Gasteiger partial charge is 0.342 e. The third-order valence-corrected chi connectivity index (χ3v) is 6.12. The van der Waals surface area contributed by atoms with E-state index in [0.29, 0.717) is 11.8 Å². The van der Waals surface area contributed by atoms with Crippen LogP contribution in [0.15, 0.2) is 0 Å². The first kappa shape index (κ1) is 12.0. The number of amides is 1. The van der Waals surface area contributed by atoms with Crippen molar-refractivity contribution in [3.05, 3.63) is 0 Å². The van der Waals surface area contributed by atoms with Gasteiger partial charge in [0.25, 0.3) is 0 Å². The van der Waals surface area contributed by atoms with Crippen LogP contribution in [0.5, 0.6) is 0 Å². The summed E-state index contributed by atoms with van der Waals surface area (Å²) in [4.78, 5) is 14.7. The Balaban J connectivity index is 1.56. The fraction of sp³-hybridized carbons (Fsp3) is 0.929. The Kier molecular flexibility index (Phi) is 3.47. The van der Waals surface area contributed by atoms with Crippen molar-refractivity contribution in [1.29, 1.82) is 0 Å².